The monoisotopic (exact) mass is 397 g/mol. The summed E-state index contributed by atoms with van der Waals surface area (Å²) in [4.78, 5) is 25.1. The van der Waals surface area contributed by atoms with E-state index in [4.69, 9.17) is 11.5 Å². The molecular weight excluding hydrogens is 373 g/mol. The van der Waals surface area contributed by atoms with Crippen molar-refractivity contribution in [3.63, 3.8) is 0 Å². The summed E-state index contributed by atoms with van der Waals surface area (Å²) in [5.41, 5.74) is 14.9. The molecule has 2 heterocycles. The number of nitrogens with two attached hydrogens (primary N) is 2. The minimum atomic E-state index is -0.794. The molecule has 9 heteroatoms. The SMILES string of the molecule is Cc1nc2ccc(Nc3nc(N[C@H](C)[C@H](C)N)c(F)cc3C(N)=O)cc2nc1C. The predicted octanol–water partition coefficient (Wildman–Crippen LogP) is 2.77. The van der Waals surface area contributed by atoms with Crippen LogP contribution in [0.1, 0.15) is 35.6 Å². The topological polar surface area (TPSA) is 132 Å². The van der Waals surface area contributed by atoms with E-state index in [1.807, 2.05) is 26.8 Å². The van der Waals surface area contributed by atoms with Crippen molar-refractivity contribution in [2.24, 2.45) is 11.5 Å². The number of halogens is 1. The van der Waals surface area contributed by atoms with Crippen molar-refractivity contribution in [3.8, 4) is 0 Å². The van der Waals surface area contributed by atoms with Crippen LogP contribution in [0.4, 0.5) is 21.7 Å². The Morgan fingerprint density at radius 3 is 2.31 bits per heavy atom. The normalized spacial score (nSPS) is 13.2. The van der Waals surface area contributed by atoms with Gasteiger partial charge in [-0.1, -0.05) is 0 Å². The zero-order valence-corrected chi connectivity index (χ0v) is 16.7. The molecule has 0 fully saturated rings. The van der Waals surface area contributed by atoms with E-state index in [-0.39, 0.29) is 29.3 Å². The highest BCUT2D eigenvalue weighted by Gasteiger charge is 2.18. The third kappa shape index (κ3) is 4.40. The van der Waals surface area contributed by atoms with Crippen LogP contribution in [0.5, 0.6) is 0 Å². The first-order chi connectivity index (χ1) is 13.7. The lowest BCUT2D eigenvalue weighted by atomic mass is 10.1. The fourth-order valence-electron chi connectivity index (χ4n) is 2.67. The van der Waals surface area contributed by atoms with Crippen molar-refractivity contribution >= 4 is 34.3 Å². The van der Waals surface area contributed by atoms with Gasteiger partial charge in [0.05, 0.1) is 28.0 Å². The first-order valence-electron chi connectivity index (χ1n) is 9.20. The van der Waals surface area contributed by atoms with Crippen molar-refractivity contribution < 1.29 is 9.18 Å². The summed E-state index contributed by atoms with van der Waals surface area (Å²) in [5, 5.41) is 5.95. The summed E-state index contributed by atoms with van der Waals surface area (Å²) in [5.74, 6) is -1.37. The Morgan fingerprint density at radius 1 is 1.03 bits per heavy atom. The largest absolute Gasteiger partial charge is 0.365 e. The lowest BCUT2D eigenvalue weighted by Gasteiger charge is -2.20. The summed E-state index contributed by atoms with van der Waals surface area (Å²) >= 11 is 0. The van der Waals surface area contributed by atoms with Crippen LogP contribution < -0.4 is 22.1 Å². The first-order valence-corrected chi connectivity index (χ1v) is 9.20. The Bertz CT molecular complexity index is 1080. The van der Waals surface area contributed by atoms with Gasteiger partial charge in [-0.15, -0.1) is 0 Å². The van der Waals surface area contributed by atoms with Gasteiger partial charge in [-0.25, -0.2) is 19.3 Å². The fourth-order valence-corrected chi connectivity index (χ4v) is 2.67. The van der Waals surface area contributed by atoms with Crippen LogP contribution in [0.3, 0.4) is 0 Å². The second-order valence-electron chi connectivity index (χ2n) is 7.09. The molecule has 3 aromatic rings. The molecule has 29 heavy (non-hydrogen) atoms. The fraction of sp³-hybridized carbons (Fsp3) is 0.300. The van der Waals surface area contributed by atoms with Crippen LogP contribution >= 0.6 is 0 Å². The number of anilines is 3. The summed E-state index contributed by atoms with van der Waals surface area (Å²) < 4.78 is 14.4. The Labute approximate surface area is 167 Å². The third-order valence-corrected chi connectivity index (χ3v) is 4.73. The van der Waals surface area contributed by atoms with E-state index < -0.39 is 11.7 Å². The quantitative estimate of drug-likeness (QED) is 0.503. The molecule has 8 nitrogen and oxygen atoms in total. The van der Waals surface area contributed by atoms with Crippen LogP contribution in [0.2, 0.25) is 0 Å². The summed E-state index contributed by atoms with van der Waals surface area (Å²) in [7, 11) is 0. The Morgan fingerprint density at radius 2 is 1.69 bits per heavy atom. The van der Waals surface area contributed by atoms with E-state index in [0.29, 0.717) is 11.2 Å². The van der Waals surface area contributed by atoms with E-state index >= 15 is 0 Å². The number of aryl methyl sites for hydroxylation is 2. The Balaban J connectivity index is 2.01. The number of hydrogen-bond donors (Lipinski definition) is 4. The molecule has 0 aliphatic carbocycles. The minimum Gasteiger partial charge on any atom is -0.365 e. The Hall–Kier alpha value is -3.33. The van der Waals surface area contributed by atoms with Gasteiger partial charge in [0.1, 0.15) is 5.82 Å². The molecule has 0 saturated carbocycles. The number of carbonyl (C=O) groups is 1. The van der Waals surface area contributed by atoms with Gasteiger partial charge in [0, 0.05) is 17.8 Å². The molecule has 2 aromatic heterocycles. The lowest BCUT2D eigenvalue weighted by Crippen LogP contribution is -2.35. The van der Waals surface area contributed by atoms with Crippen LogP contribution in [-0.4, -0.2) is 32.9 Å². The second kappa shape index (κ2) is 7.96. The summed E-state index contributed by atoms with van der Waals surface area (Å²) in [6.07, 6.45) is 0. The van der Waals surface area contributed by atoms with Gasteiger partial charge in [0.25, 0.3) is 5.91 Å². The number of primary amides is 1. The smallest absolute Gasteiger partial charge is 0.252 e. The van der Waals surface area contributed by atoms with E-state index in [0.717, 1.165) is 23.0 Å². The molecule has 0 spiro atoms. The van der Waals surface area contributed by atoms with Crippen LogP contribution in [0, 0.1) is 19.7 Å². The number of rotatable bonds is 6. The van der Waals surface area contributed by atoms with Crippen LogP contribution in [0.15, 0.2) is 24.3 Å². The standard InChI is InChI=1S/C20H24FN7O/c1-9(22)10(2)26-20-15(21)8-14(18(23)29)19(28-20)27-13-5-6-16-17(7-13)25-12(4)11(3)24-16/h5-10H,22H2,1-4H3,(H2,23,29)(H2,26,27,28)/t9-,10+/m0/s1. The molecule has 6 N–H and O–H groups in total. The maximum absolute atomic E-state index is 14.4. The molecular formula is C20H24FN7O. The molecule has 0 unspecified atom stereocenters. The average Bonchev–Trinajstić information content (AvgIpc) is 2.65. The van der Waals surface area contributed by atoms with Gasteiger partial charge in [-0.2, -0.15) is 0 Å². The maximum Gasteiger partial charge on any atom is 0.252 e. The zero-order valence-electron chi connectivity index (χ0n) is 16.7. The number of aromatic nitrogens is 3. The summed E-state index contributed by atoms with van der Waals surface area (Å²) in [6, 6.07) is 5.96. The number of hydrogen-bond acceptors (Lipinski definition) is 7. The first kappa shape index (κ1) is 20.4. The number of nitrogens with one attached hydrogen (secondary N) is 2. The van der Waals surface area contributed by atoms with Gasteiger partial charge < -0.3 is 22.1 Å². The third-order valence-electron chi connectivity index (χ3n) is 4.73. The Kier molecular flexibility index (Phi) is 5.60. The molecule has 2 atom stereocenters. The molecule has 0 aliphatic heterocycles. The van der Waals surface area contributed by atoms with E-state index in [1.165, 1.54) is 0 Å². The highest BCUT2D eigenvalue weighted by Crippen LogP contribution is 2.26. The molecule has 1 amide bonds. The molecule has 0 radical (unpaired) electrons. The number of carbonyl (C=O) groups excluding carboxylic acids is 1. The van der Waals surface area contributed by atoms with Crippen molar-refractivity contribution in [3.05, 3.63) is 47.0 Å². The van der Waals surface area contributed by atoms with Gasteiger partial charge in [-0.3, -0.25) is 4.79 Å². The lowest BCUT2D eigenvalue weighted by molar-refractivity contribution is 0.100. The van der Waals surface area contributed by atoms with Crippen LogP contribution in [-0.2, 0) is 0 Å². The highest BCUT2D eigenvalue weighted by molar-refractivity contribution is 5.98. The van der Waals surface area contributed by atoms with Crippen molar-refractivity contribution in [2.45, 2.75) is 39.8 Å². The van der Waals surface area contributed by atoms with Crippen LogP contribution in [0.25, 0.3) is 11.0 Å². The molecule has 0 aliphatic rings. The van der Waals surface area contributed by atoms with Crippen molar-refractivity contribution in [2.75, 3.05) is 10.6 Å². The van der Waals surface area contributed by atoms with Gasteiger partial charge in [0.2, 0.25) is 0 Å². The molecule has 0 saturated heterocycles. The number of pyridine rings is 1. The number of fused-ring (bicyclic) bond motifs is 1. The van der Waals surface area contributed by atoms with Gasteiger partial charge in [-0.05, 0) is 52.0 Å². The van der Waals surface area contributed by atoms with Crippen molar-refractivity contribution in [1.29, 1.82) is 0 Å². The number of benzene rings is 1. The predicted molar refractivity (Wildman–Crippen MR) is 112 cm³/mol. The van der Waals surface area contributed by atoms with Gasteiger partial charge >= 0.3 is 0 Å². The number of amides is 1. The average molecular weight is 397 g/mol. The van der Waals surface area contributed by atoms with Crippen molar-refractivity contribution in [1.82, 2.24) is 15.0 Å². The van der Waals surface area contributed by atoms with E-state index in [2.05, 4.69) is 25.6 Å². The molecule has 0 bridgehead atoms. The highest BCUT2D eigenvalue weighted by atomic mass is 19.1. The van der Waals surface area contributed by atoms with E-state index in [1.54, 1.807) is 19.1 Å². The molecule has 152 valence electrons. The molecule has 1 aromatic carbocycles. The second-order valence-corrected chi connectivity index (χ2v) is 7.09. The van der Waals surface area contributed by atoms with Gasteiger partial charge in [0.15, 0.2) is 11.6 Å². The maximum atomic E-state index is 14.4. The minimum absolute atomic E-state index is 0.0191. The number of nitrogens with zero attached hydrogens (tertiary/aromatic N) is 3. The zero-order chi connectivity index (χ0) is 21.3. The van der Waals surface area contributed by atoms with E-state index in [9.17, 15) is 9.18 Å². The summed E-state index contributed by atoms with van der Waals surface area (Å²) in [6.45, 7) is 7.39. The molecule has 3 rings (SSSR count).